The average Bonchev–Trinajstić information content (AvgIpc) is 2.68. The summed E-state index contributed by atoms with van der Waals surface area (Å²) in [6, 6.07) is -0.0478. The molecule has 1 amide bonds. The minimum atomic E-state index is -0.0478. The molecule has 1 aliphatic carbocycles. The third-order valence-corrected chi connectivity index (χ3v) is 3.76. The van der Waals surface area contributed by atoms with Gasteiger partial charge in [0, 0.05) is 6.54 Å². The number of amides is 1. The smallest absolute Gasteiger partial charge is 0.249 e. The summed E-state index contributed by atoms with van der Waals surface area (Å²) in [5.41, 5.74) is 0. The lowest BCUT2D eigenvalue weighted by Crippen LogP contribution is -2.39. The average molecular weight is 237 g/mol. The summed E-state index contributed by atoms with van der Waals surface area (Å²) in [5, 5.41) is 6.11. The third-order valence-electron chi connectivity index (χ3n) is 3.76. The van der Waals surface area contributed by atoms with Crippen LogP contribution in [0.2, 0.25) is 0 Å². The van der Waals surface area contributed by atoms with E-state index in [9.17, 15) is 4.79 Å². The molecule has 0 aromatic rings. The normalized spacial score (nSPS) is 35.8. The second kappa shape index (κ2) is 5.52. The first-order valence-electron chi connectivity index (χ1n) is 6.82. The molecule has 1 aliphatic heterocycles. The molecular formula is C13H23N3O. The van der Waals surface area contributed by atoms with E-state index in [4.69, 9.17) is 0 Å². The fraction of sp³-hybridized carbons (Fsp3) is 0.846. The van der Waals surface area contributed by atoms with Crippen molar-refractivity contribution in [2.24, 2.45) is 16.8 Å². The molecule has 17 heavy (non-hydrogen) atoms. The van der Waals surface area contributed by atoms with Crippen LogP contribution in [0.3, 0.4) is 0 Å². The summed E-state index contributed by atoms with van der Waals surface area (Å²) in [6.45, 7) is 5.14. The van der Waals surface area contributed by atoms with Crippen LogP contribution in [0.4, 0.5) is 0 Å². The molecule has 3 unspecified atom stereocenters. The molecule has 2 aliphatic rings. The van der Waals surface area contributed by atoms with Crippen LogP contribution in [0.15, 0.2) is 4.99 Å². The van der Waals surface area contributed by atoms with Gasteiger partial charge in [0.2, 0.25) is 5.91 Å². The van der Waals surface area contributed by atoms with Gasteiger partial charge in [-0.15, -0.1) is 0 Å². The molecule has 0 radical (unpaired) electrons. The van der Waals surface area contributed by atoms with Crippen LogP contribution in [0.1, 0.15) is 46.0 Å². The molecule has 1 heterocycles. The maximum Gasteiger partial charge on any atom is 0.249 e. The lowest BCUT2D eigenvalue weighted by Gasteiger charge is -2.29. The summed E-state index contributed by atoms with van der Waals surface area (Å²) in [4.78, 5) is 16.2. The van der Waals surface area contributed by atoms with Crippen molar-refractivity contribution in [3.8, 4) is 0 Å². The van der Waals surface area contributed by atoms with Crippen LogP contribution >= 0.6 is 0 Å². The van der Waals surface area contributed by atoms with Crippen LogP contribution in [-0.2, 0) is 4.79 Å². The van der Waals surface area contributed by atoms with Gasteiger partial charge >= 0.3 is 0 Å². The lowest BCUT2D eigenvalue weighted by molar-refractivity contribution is -0.121. The van der Waals surface area contributed by atoms with E-state index in [1.165, 1.54) is 12.8 Å². The van der Waals surface area contributed by atoms with E-state index in [1.807, 2.05) is 0 Å². The number of hydrogen-bond acceptors (Lipinski definition) is 2. The molecule has 2 fully saturated rings. The topological polar surface area (TPSA) is 53.5 Å². The SMILES string of the molecule is CCCN=C1NC(=O)C(C2CCCC(C)C2)N1. The van der Waals surface area contributed by atoms with Crippen LogP contribution in [0.5, 0.6) is 0 Å². The Morgan fingerprint density at radius 3 is 2.94 bits per heavy atom. The minimum absolute atomic E-state index is 0.0478. The van der Waals surface area contributed by atoms with E-state index in [1.54, 1.807) is 0 Å². The highest BCUT2D eigenvalue weighted by Crippen LogP contribution is 2.31. The van der Waals surface area contributed by atoms with Gasteiger partial charge in [-0.05, 0) is 31.1 Å². The van der Waals surface area contributed by atoms with Crippen LogP contribution < -0.4 is 10.6 Å². The molecule has 96 valence electrons. The Labute approximate surface area is 103 Å². The zero-order valence-corrected chi connectivity index (χ0v) is 10.8. The van der Waals surface area contributed by atoms with Gasteiger partial charge in [0.15, 0.2) is 5.96 Å². The second-order valence-electron chi connectivity index (χ2n) is 5.37. The van der Waals surface area contributed by atoms with Gasteiger partial charge in [-0.25, -0.2) is 0 Å². The summed E-state index contributed by atoms with van der Waals surface area (Å²) < 4.78 is 0. The van der Waals surface area contributed by atoms with E-state index >= 15 is 0 Å². The van der Waals surface area contributed by atoms with Gasteiger partial charge in [0.05, 0.1) is 0 Å². The van der Waals surface area contributed by atoms with E-state index in [2.05, 4.69) is 29.5 Å². The highest BCUT2D eigenvalue weighted by atomic mass is 16.2. The molecule has 4 heteroatoms. The van der Waals surface area contributed by atoms with Crippen molar-refractivity contribution in [1.82, 2.24) is 10.6 Å². The number of aliphatic imine (C=N–C) groups is 1. The van der Waals surface area contributed by atoms with Gasteiger partial charge in [-0.2, -0.15) is 0 Å². The molecule has 2 rings (SSSR count). The second-order valence-corrected chi connectivity index (χ2v) is 5.37. The Bertz CT molecular complexity index is 314. The summed E-state index contributed by atoms with van der Waals surface area (Å²) >= 11 is 0. The molecule has 0 aromatic heterocycles. The van der Waals surface area contributed by atoms with Crippen molar-refractivity contribution in [3.05, 3.63) is 0 Å². The van der Waals surface area contributed by atoms with Crippen molar-refractivity contribution in [1.29, 1.82) is 0 Å². The third kappa shape index (κ3) is 2.99. The Balaban J connectivity index is 1.95. The van der Waals surface area contributed by atoms with Crippen molar-refractivity contribution in [3.63, 3.8) is 0 Å². The highest BCUT2D eigenvalue weighted by Gasteiger charge is 2.36. The van der Waals surface area contributed by atoms with E-state index in [0.717, 1.165) is 31.7 Å². The summed E-state index contributed by atoms with van der Waals surface area (Å²) in [7, 11) is 0. The molecule has 0 spiro atoms. The van der Waals surface area contributed by atoms with Crippen molar-refractivity contribution in [2.45, 2.75) is 52.0 Å². The lowest BCUT2D eigenvalue weighted by atomic mass is 9.78. The molecule has 1 saturated carbocycles. The predicted octanol–water partition coefficient (Wildman–Crippen LogP) is 1.67. The standard InChI is InChI=1S/C13H23N3O/c1-3-7-14-13-15-11(12(17)16-13)10-6-4-5-9(2)8-10/h9-11H,3-8H2,1-2H3,(H2,14,15,16,17). The minimum Gasteiger partial charge on any atom is -0.344 e. The largest absolute Gasteiger partial charge is 0.344 e. The number of nitrogens with one attached hydrogen (secondary N) is 2. The zero-order valence-electron chi connectivity index (χ0n) is 10.8. The van der Waals surface area contributed by atoms with Gasteiger partial charge in [0.1, 0.15) is 6.04 Å². The van der Waals surface area contributed by atoms with Crippen molar-refractivity contribution in [2.75, 3.05) is 6.54 Å². The van der Waals surface area contributed by atoms with E-state index in [-0.39, 0.29) is 11.9 Å². The zero-order chi connectivity index (χ0) is 12.3. The van der Waals surface area contributed by atoms with Gasteiger partial charge in [-0.3, -0.25) is 15.1 Å². The molecule has 3 atom stereocenters. The number of nitrogens with zero attached hydrogens (tertiary/aromatic N) is 1. The first-order valence-corrected chi connectivity index (χ1v) is 6.82. The molecule has 1 saturated heterocycles. The summed E-state index contributed by atoms with van der Waals surface area (Å²) in [5.74, 6) is 2.02. The number of guanidine groups is 1. The van der Waals surface area contributed by atoms with E-state index in [0.29, 0.717) is 11.9 Å². The van der Waals surface area contributed by atoms with Crippen LogP contribution in [0, 0.1) is 11.8 Å². The first-order chi connectivity index (χ1) is 8.20. The monoisotopic (exact) mass is 237 g/mol. The molecule has 0 aromatic carbocycles. The molecule has 0 bridgehead atoms. The molecule has 4 nitrogen and oxygen atoms in total. The summed E-state index contributed by atoms with van der Waals surface area (Å²) in [6.07, 6.45) is 5.88. The number of rotatable bonds is 3. The number of carbonyl (C=O) groups excluding carboxylic acids is 1. The number of hydrogen-bond donors (Lipinski definition) is 2. The Morgan fingerprint density at radius 1 is 1.41 bits per heavy atom. The predicted molar refractivity (Wildman–Crippen MR) is 68.8 cm³/mol. The van der Waals surface area contributed by atoms with E-state index < -0.39 is 0 Å². The maximum atomic E-state index is 11.9. The van der Waals surface area contributed by atoms with Crippen LogP contribution in [-0.4, -0.2) is 24.5 Å². The van der Waals surface area contributed by atoms with Gasteiger partial charge in [-0.1, -0.05) is 26.7 Å². The first kappa shape index (κ1) is 12.4. The van der Waals surface area contributed by atoms with Gasteiger partial charge in [0.25, 0.3) is 0 Å². The van der Waals surface area contributed by atoms with Gasteiger partial charge < -0.3 is 5.32 Å². The maximum absolute atomic E-state index is 11.9. The molecule has 2 N–H and O–H groups in total. The quantitative estimate of drug-likeness (QED) is 0.784. The Hall–Kier alpha value is -1.06. The Morgan fingerprint density at radius 2 is 2.24 bits per heavy atom. The van der Waals surface area contributed by atoms with Crippen molar-refractivity contribution < 1.29 is 4.79 Å². The number of carbonyl (C=O) groups is 1. The van der Waals surface area contributed by atoms with Crippen molar-refractivity contribution >= 4 is 11.9 Å². The van der Waals surface area contributed by atoms with Crippen LogP contribution in [0.25, 0.3) is 0 Å². The highest BCUT2D eigenvalue weighted by molar-refractivity contribution is 6.06. The fourth-order valence-electron chi connectivity index (χ4n) is 2.87. The molecular weight excluding hydrogens is 214 g/mol. The fourth-order valence-corrected chi connectivity index (χ4v) is 2.87. The Kier molecular flexibility index (Phi) is 4.02.